The molecule has 0 atom stereocenters. The monoisotopic (exact) mass is 388 g/mol. The van der Waals surface area contributed by atoms with E-state index in [-0.39, 0.29) is 11.4 Å². The molecule has 0 saturated heterocycles. The van der Waals surface area contributed by atoms with Crippen molar-refractivity contribution >= 4 is 17.3 Å². The first kappa shape index (κ1) is 21.5. The Balaban J connectivity index is 2.44. The predicted molar refractivity (Wildman–Crippen MR) is 113 cm³/mol. The van der Waals surface area contributed by atoms with Crippen molar-refractivity contribution in [3.63, 3.8) is 0 Å². The smallest absolute Gasteiger partial charge is 0.348 e. The van der Waals surface area contributed by atoms with Crippen molar-refractivity contribution in [2.45, 2.75) is 65.7 Å². The fourth-order valence-electron chi connectivity index (χ4n) is 3.60. The number of aryl methyl sites for hydroxylation is 2. The van der Waals surface area contributed by atoms with Gasteiger partial charge in [0.25, 0.3) is 0 Å². The van der Waals surface area contributed by atoms with Gasteiger partial charge in [0, 0.05) is 10.3 Å². The van der Waals surface area contributed by atoms with Crippen LogP contribution in [0.15, 0.2) is 24.3 Å². The van der Waals surface area contributed by atoms with Crippen LogP contribution >= 0.6 is 11.3 Å². The second-order valence-corrected chi connectivity index (χ2v) is 8.14. The van der Waals surface area contributed by atoms with Crippen LogP contribution in [0, 0.1) is 13.8 Å². The van der Waals surface area contributed by atoms with E-state index in [1.165, 1.54) is 17.6 Å². The number of thiophene rings is 1. The highest BCUT2D eigenvalue weighted by Gasteiger charge is 2.34. The Kier molecular flexibility index (Phi) is 7.49. The standard InChI is InChI=1S/C23H32O3S/c1-7-10-13-26-19-12-11-18(14-16(19)4)23(8-2,9-3)20-15-17(5)21(27-20)22(24)25-6/h11-12,14-15H,7-10,13H2,1-6H3. The zero-order valence-electron chi connectivity index (χ0n) is 17.5. The van der Waals surface area contributed by atoms with E-state index >= 15 is 0 Å². The summed E-state index contributed by atoms with van der Waals surface area (Å²) in [6.07, 6.45) is 4.14. The molecule has 0 unspecified atom stereocenters. The minimum Gasteiger partial charge on any atom is -0.493 e. The number of benzene rings is 1. The van der Waals surface area contributed by atoms with Gasteiger partial charge in [-0.05, 0) is 61.9 Å². The first-order chi connectivity index (χ1) is 12.9. The Morgan fingerprint density at radius 1 is 1.07 bits per heavy atom. The molecule has 1 heterocycles. The summed E-state index contributed by atoms with van der Waals surface area (Å²) >= 11 is 1.56. The summed E-state index contributed by atoms with van der Waals surface area (Å²) in [5.74, 6) is 0.714. The fraction of sp³-hybridized carbons (Fsp3) is 0.522. The summed E-state index contributed by atoms with van der Waals surface area (Å²) in [4.78, 5) is 14.0. The molecule has 0 aliphatic rings. The average molecular weight is 389 g/mol. The lowest BCUT2D eigenvalue weighted by molar-refractivity contribution is 0.0605. The highest BCUT2D eigenvalue weighted by atomic mass is 32.1. The third-order valence-electron chi connectivity index (χ3n) is 5.45. The summed E-state index contributed by atoms with van der Waals surface area (Å²) in [5.41, 5.74) is 3.33. The topological polar surface area (TPSA) is 35.5 Å². The molecule has 27 heavy (non-hydrogen) atoms. The predicted octanol–water partition coefficient (Wildman–Crippen LogP) is 6.44. The maximum atomic E-state index is 12.1. The molecule has 3 nitrogen and oxygen atoms in total. The molecule has 0 radical (unpaired) electrons. The van der Waals surface area contributed by atoms with Gasteiger partial charge in [-0.15, -0.1) is 11.3 Å². The molecule has 0 aliphatic heterocycles. The SMILES string of the molecule is CCCCOc1ccc(C(CC)(CC)c2cc(C)c(C(=O)OC)s2)cc1C. The number of hydrogen-bond donors (Lipinski definition) is 0. The van der Waals surface area contributed by atoms with Crippen LogP contribution < -0.4 is 4.74 Å². The lowest BCUT2D eigenvalue weighted by Gasteiger charge is -2.32. The van der Waals surface area contributed by atoms with Crippen molar-refractivity contribution in [3.8, 4) is 5.75 Å². The maximum absolute atomic E-state index is 12.1. The van der Waals surface area contributed by atoms with Gasteiger partial charge in [-0.2, -0.15) is 0 Å². The molecule has 1 aromatic heterocycles. The number of carbonyl (C=O) groups excluding carboxylic acids is 1. The summed E-state index contributed by atoms with van der Waals surface area (Å²) in [6.45, 7) is 11.5. The second kappa shape index (κ2) is 9.41. The van der Waals surface area contributed by atoms with Crippen molar-refractivity contribution in [1.29, 1.82) is 0 Å². The molecular weight excluding hydrogens is 356 g/mol. The third kappa shape index (κ3) is 4.37. The molecule has 0 bridgehead atoms. The largest absolute Gasteiger partial charge is 0.493 e. The first-order valence-electron chi connectivity index (χ1n) is 9.86. The number of ether oxygens (including phenoxy) is 2. The molecular formula is C23H32O3S. The summed E-state index contributed by atoms with van der Waals surface area (Å²) < 4.78 is 10.9. The zero-order chi connectivity index (χ0) is 20.0. The summed E-state index contributed by atoms with van der Waals surface area (Å²) in [6, 6.07) is 8.70. The van der Waals surface area contributed by atoms with Gasteiger partial charge >= 0.3 is 5.97 Å². The van der Waals surface area contributed by atoms with Crippen molar-refractivity contribution < 1.29 is 14.3 Å². The lowest BCUT2D eigenvalue weighted by atomic mass is 9.74. The van der Waals surface area contributed by atoms with Crippen LogP contribution in [0.1, 0.15) is 77.7 Å². The van der Waals surface area contributed by atoms with Gasteiger partial charge in [0.2, 0.25) is 0 Å². The minimum atomic E-state index is -0.249. The summed E-state index contributed by atoms with van der Waals surface area (Å²) in [5, 5.41) is 0. The molecule has 0 N–H and O–H groups in total. The van der Waals surface area contributed by atoms with Gasteiger partial charge in [-0.25, -0.2) is 4.79 Å². The summed E-state index contributed by atoms with van der Waals surface area (Å²) in [7, 11) is 1.44. The van der Waals surface area contributed by atoms with Gasteiger partial charge in [-0.1, -0.05) is 39.3 Å². The Morgan fingerprint density at radius 3 is 2.33 bits per heavy atom. The molecule has 148 valence electrons. The molecule has 0 fully saturated rings. The minimum absolute atomic E-state index is 0.103. The first-order valence-corrected chi connectivity index (χ1v) is 10.7. The number of rotatable bonds is 9. The molecule has 0 saturated carbocycles. The van der Waals surface area contributed by atoms with Crippen LogP contribution in [-0.4, -0.2) is 19.7 Å². The van der Waals surface area contributed by atoms with Gasteiger partial charge < -0.3 is 9.47 Å². The Labute approximate surface area is 167 Å². The van der Waals surface area contributed by atoms with E-state index in [1.54, 1.807) is 11.3 Å². The molecule has 2 rings (SSSR count). The fourth-order valence-corrected chi connectivity index (χ4v) is 5.04. The number of methoxy groups -OCH3 is 1. The number of hydrogen-bond acceptors (Lipinski definition) is 4. The van der Waals surface area contributed by atoms with Gasteiger partial charge in [-0.3, -0.25) is 0 Å². The Morgan fingerprint density at radius 2 is 1.78 bits per heavy atom. The van der Waals surface area contributed by atoms with E-state index in [1.807, 2.05) is 6.92 Å². The third-order valence-corrected chi connectivity index (χ3v) is 6.87. The molecule has 2 aromatic rings. The van der Waals surface area contributed by atoms with Crippen molar-refractivity contribution in [1.82, 2.24) is 0 Å². The van der Waals surface area contributed by atoms with E-state index < -0.39 is 0 Å². The molecule has 4 heteroatoms. The van der Waals surface area contributed by atoms with E-state index in [0.29, 0.717) is 4.88 Å². The Bertz CT molecular complexity index is 772. The van der Waals surface area contributed by atoms with E-state index in [4.69, 9.17) is 9.47 Å². The Hall–Kier alpha value is -1.81. The van der Waals surface area contributed by atoms with Crippen LogP contribution in [-0.2, 0) is 10.2 Å². The maximum Gasteiger partial charge on any atom is 0.348 e. The highest BCUT2D eigenvalue weighted by Crippen LogP contribution is 2.44. The van der Waals surface area contributed by atoms with Gasteiger partial charge in [0.05, 0.1) is 13.7 Å². The van der Waals surface area contributed by atoms with Crippen LogP contribution in [0.25, 0.3) is 0 Å². The van der Waals surface area contributed by atoms with E-state index in [9.17, 15) is 4.79 Å². The van der Waals surface area contributed by atoms with E-state index in [0.717, 1.165) is 49.2 Å². The normalized spacial score (nSPS) is 11.5. The molecule has 0 amide bonds. The van der Waals surface area contributed by atoms with Gasteiger partial charge in [0.1, 0.15) is 10.6 Å². The quantitative estimate of drug-likeness (QED) is 0.366. The molecule has 1 aromatic carbocycles. The number of unbranched alkanes of at least 4 members (excludes halogenated alkanes) is 1. The zero-order valence-corrected chi connectivity index (χ0v) is 18.3. The number of carbonyl (C=O) groups is 1. The highest BCUT2D eigenvalue weighted by molar-refractivity contribution is 7.14. The average Bonchev–Trinajstić information content (AvgIpc) is 3.06. The van der Waals surface area contributed by atoms with Crippen LogP contribution in [0.3, 0.4) is 0 Å². The van der Waals surface area contributed by atoms with Crippen LogP contribution in [0.5, 0.6) is 5.75 Å². The van der Waals surface area contributed by atoms with Crippen LogP contribution in [0.2, 0.25) is 0 Å². The second-order valence-electron chi connectivity index (χ2n) is 7.09. The van der Waals surface area contributed by atoms with Crippen molar-refractivity contribution in [2.24, 2.45) is 0 Å². The van der Waals surface area contributed by atoms with E-state index in [2.05, 4.69) is 52.0 Å². The van der Waals surface area contributed by atoms with Crippen molar-refractivity contribution in [3.05, 3.63) is 50.7 Å². The lowest BCUT2D eigenvalue weighted by Crippen LogP contribution is -2.25. The van der Waals surface area contributed by atoms with Crippen LogP contribution in [0.4, 0.5) is 0 Å². The molecule has 0 aliphatic carbocycles. The van der Waals surface area contributed by atoms with Gasteiger partial charge in [0.15, 0.2) is 0 Å². The number of esters is 1. The van der Waals surface area contributed by atoms with Crippen molar-refractivity contribution in [2.75, 3.05) is 13.7 Å². The molecule has 0 spiro atoms.